The molecule has 10 nitrogen and oxygen atoms in total. The minimum absolute atomic E-state index is 0. The van der Waals surface area contributed by atoms with Gasteiger partial charge in [0.1, 0.15) is 0 Å². The molecule has 0 aliphatic heterocycles. The zero-order valence-electron chi connectivity index (χ0n) is 17.8. The first-order chi connectivity index (χ1) is 13.9. The maximum Gasteiger partial charge on any atom is 2.00 e. The molecule has 0 fully saturated rings. The number of aliphatic carboxylic acids is 4. The van der Waals surface area contributed by atoms with Crippen LogP contribution in [0.1, 0.15) is 38.8 Å². The fourth-order valence-electron chi connectivity index (χ4n) is 1.14. The fourth-order valence-corrected chi connectivity index (χ4v) is 1.14. The van der Waals surface area contributed by atoms with E-state index in [1.54, 1.807) is 24.8 Å². The van der Waals surface area contributed by atoms with Gasteiger partial charge < -0.3 is 39.6 Å². The molecule has 172 valence electrons. The third-order valence-corrected chi connectivity index (χ3v) is 1.88. The van der Waals surface area contributed by atoms with Crippen molar-refractivity contribution in [2.24, 2.45) is 0 Å². The van der Waals surface area contributed by atoms with Crippen molar-refractivity contribution in [2.45, 2.75) is 27.7 Å². The molecule has 0 atom stereocenters. The van der Waals surface area contributed by atoms with Crippen LogP contribution < -0.4 is 20.4 Å². The molecular formula is C20H22Mo2N2O8. The van der Waals surface area contributed by atoms with E-state index in [9.17, 15) is 0 Å². The molecule has 0 aliphatic carbocycles. The molecule has 0 bridgehead atoms. The Morgan fingerprint density at radius 2 is 0.719 bits per heavy atom. The van der Waals surface area contributed by atoms with Crippen molar-refractivity contribution >= 4 is 36.0 Å². The van der Waals surface area contributed by atoms with E-state index in [0.29, 0.717) is 0 Å². The topological polar surface area (TPSA) is 186 Å². The molecule has 2 heterocycles. The quantitative estimate of drug-likeness (QED) is 0.334. The Balaban J connectivity index is -0.000000114. The van der Waals surface area contributed by atoms with Gasteiger partial charge in [-0.3, -0.25) is 9.97 Å². The van der Waals surface area contributed by atoms with Crippen LogP contribution in [-0.4, -0.2) is 33.8 Å². The summed E-state index contributed by atoms with van der Waals surface area (Å²) in [6, 6.07) is 7.88. The number of hydrogen-bond acceptors (Lipinski definition) is 10. The van der Waals surface area contributed by atoms with Crippen LogP contribution in [0.4, 0.5) is 0 Å². The van der Waals surface area contributed by atoms with E-state index in [1.807, 2.05) is 24.3 Å². The summed E-state index contributed by atoms with van der Waals surface area (Å²) < 4.78 is 0. The second-order valence-electron chi connectivity index (χ2n) is 4.86. The molecule has 12 heteroatoms. The molecule has 2 aromatic heterocycles. The Morgan fingerprint density at radius 1 is 0.562 bits per heavy atom. The summed E-state index contributed by atoms with van der Waals surface area (Å²) in [7, 11) is 0. The molecule has 32 heavy (non-hydrogen) atoms. The van der Waals surface area contributed by atoms with Gasteiger partial charge in [0.2, 0.25) is 0 Å². The summed E-state index contributed by atoms with van der Waals surface area (Å²) >= 11 is 0. The summed E-state index contributed by atoms with van der Waals surface area (Å²) in [4.78, 5) is 43.5. The van der Waals surface area contributed by atoms with E-state index in [-0.39, 0.29) is 42.1 Å². The molecule has 0 N–H and O–H groups in total. The van der Waals surface area contributed by atoms with Gasteiger partial charge in [-0.2, -0.15) is 0 Å². The second kappa shape index (κ2) is 28.3. The molecule has 0 spiro atoms. The van der Waals surface area contributed by atoms with Gasteiger partial charge in [0.15, 0.2) is 0 Å². The number of aromatic nitrogens is 2. The van der Waals surface area contributed by atoms with Crippen molar-refractivity contribution in [2.75, 3.05) is 0 Å². The molecule has 0 amide bonds. The molecule has 0 saturated heterocycles. The van der Waals surface area contributed by atoms with E-state index in [1.165, 1.54) is 0 Å². The predicted octanol–water partition coefficient (Wildman–Crippen LogP) is -2.33. The first-order valence-corrected chi connectivity index (χ1v) is 8.06. The second-order valence-corrected chi connectivity index (χ2v) is 4.86. The Morgan fingerprint density at radius 3 is 0.875 bits per heavy atom. The van der Waals surface area contributed by atoms with Gasteiger partial charge in [0, 0.05) is 48.7 Å². The molecule has 0 unspecified atom stereocenters. The average molecular weight is 610 g/mol. The number of carbonyl (C=O) groups is 4. The van der Waals surface area contributed by atoms with Crippen molar-refractivity contribution in [1.29, 1.82) is 0 Å². The summed E-state index contributed by atoms with van der Waals surface area (Å²) in [5.41, 5.74) is 2.30. The van der Waals surface area contributed by atoms with Gasteiger partial charge in [0.05, 0.1) is 0 Å². The summed E-state index contributed by atoms with van der Waals surface area (Å²) in [6.07, 6.45) is 11.2. The zero-order chi connectivity index (χ0) is 23.9. The van der Waals surface area contributed by atoms with Crippen LogP contribution in [0.25, 0.3) is 12.2 Å². The molecule has 0 saturated carbocycles. The van der Waals surface area contributed by atoms with Crippen LogP contribution in [-0.2, 0) is 61.3 Å². The van der Waals surface area contributed by atoms with Crippen LogP contribution in [0.3, 0.4) is 0 Å². The number of carboxylic acids is 4. The van der Waals surface area contributed by atoms with Crippen LogP contribution in [0.2, 0.25) is 0 Å². The van der Waals surface area contributed by atoms with Gasteiger partial charge in [-0.05, 0) is 63.1 Å². The minimum atomic E-state index is -1.08. The summed E-state index contributed by atoms with van der Waals surface area (Å²) in [5, 5.41) is 35.6. The van der Waals surface area contributed by atoms with Gasteiger partial charge in [0.25, 0.3) is 0 Å². The summed E-state index contributed by atoms with van der Waals surface area (Å²) in [6.45, 7) is 3.89. The van der Waals surface area contributed by atoms with Gasteiger partial charge in [-0.15, -0.1) is 0 Å². The predicted molar refractivity (Wildman–Crippen MR) is 100 cm³/mol. The number of nitrogens with zero attached hydrogens (tertiary/aromatic N) is 2. The molecule has 2 aromatic rings. The average Bonchev–Trinajstić information content (AvgIpc) is 2.60. The first kappa shape index (κ1) is 39.7. The van der Waals surface area contributed by atoms with Crippen LogP contribution in [0.5, 0.6) is 0 Å². The third kappa shape index (κ3) is 56.4. The first-order valence-electron chi connectivity index (χ1n) is 8.06. The van der Waals surface area contributed by atoms with Crippen molar-refractivity contribution in [3.8, 4) is 0 Å². The summed E-state index contributed by atoms with van der Waals surface area (Å²) in [5.74, 6) is -4.33. The van der Waals surface area contributed by atoms with Crippen molar-refractivity contribution < 1.29 is 81.7 Å². The molecular weight excluding hydrogens is 588 g/mol. The van der Waals surface area contributed by atoms with E-state index < -0.39 is 23.9 Å². The monoisotopic (exact) mass is 614 g/mol. The minimum Gasteiger partial charge on any atom is -0.550 e. The maximum absolute atomic E-state index is 8.89. The van der Waals surface area contributed by atoms with Gasteiger partial charge in [-0.1, -0.05) is 12.2 Å². The zero-order valence-corrected chi connectivity index (χ0v) is 21.8. The van der Waals surface area contributed by atoms with Crippen LogP contribution in [0.15, 0.2) is 49.1 Å². The van der Waals surface area contributed by atoms with Gasteiger partial charge in [-0.25, -0.2) is 0 Å². The Hall–Kier alpha value is -2.70. The smallest absolute Gasteiger partial charge is 0.550 e. The Labute approximate surface area is 215 Å². The number of carbonyl (C=O) groups excluding carboxylic acids is 4. The number of hydrogen-bond donors (Lipinski definition) is 0. The van der Waals surface area contributed by atoms with E-state index >= 15 is 0 Å². The van der Waals surface area contributed by atoms with E-state index in [4.69, 9.17) is 39.6 Å². The number of rotatable bonds is 2. The standard InChI is InChI=1S/C12H10N2.4C2H4O2.2Mo/c1(11-3-7-13-8-4-11)2-12-5-9-14-10-6-12;4*1-2(3)4;;/h1-10H;4*1H3,(H,3,4);;/q;;;;;2*+2/p-4/b2-1+;;;;;;. The van der Waals surface area contributed by atoms with Crippen molar-refractivity contribution in [1.82, 2.24) is 9.97 Å². The SMILES string of the molecule is C(=C\c1ccncc1)/c1ccncc1.CC(=O)[O-].CC(=O)[O-].CC(=O)[O-].CC(=O)[O-].[Mo+2].[Mo+2]. The molecule has 0 aromatic carbocycles. The molecule has 2 rings (SSSR count). The third-order valence-electron chi connectivity index (χ3n) is 1.88. The number of pyridine rings is 2. The molecule has 0 radical (unpaired) electrons. The van der Waals surface area contributed by atoms with E-state index in [0.717, 1.165) is 38.8 Å². The Kier molecular flexibility index (Phi) is 35.1. The van der Waals surface area contributed by atoms with Crippen molar-refractivity contribution in [3.63, 3.8) is 0 Å². The van der Waals surface area contributed by atoms with Crippen LogP contribution in [0, 0.1) is 0 Å². The maximum atomic E-state index is 8.89. The molecule has 0 aliphatic rings. The van der Waals surface area contributed by atoms with Crippen molar-refractivity contribution in [3.05, 3.63) is 60.2 Å². The number of carboxylic acid groups (broad SMARTS) is 4. The fraction of sp³-hybridized carbons (Fsp3) is 0.200. The van der Waals surface area contributed by atoms with Crippen LogP contribution >= 0.6 is 0 Å². The Bertz CT molecular complexity index is 668. The van der Waals surface area contributed by atoms with E-state index in [2.05, 4.69) is 22.1 Å². The van der Waals surface area contributed by atoms with Gasteiger partial charge >= 0.3 is 42.1 Å². The largest absolute Gasteiger partial charge is 2.00 e. The normalized spacial score (nSPS) is 7.75.